The van der Waals surface area contributed by atoms with Gasteiger partial charge in [0.05, 0.1) is 18.2 Å². The fourth-order valence-corrected chi connectivity index (χ4v) is 4.82. The van der Waals surface area contributed by atoms with Gasteiger partial charge in [0.1, 0.15) is 11.4 Å². The second-order valence-electron chi connectivity index (χ2n) is 9.19. The van der Waals surface area contributed by atoms with Crippen molar-refractivity contribution >= 4 is 17.2 Å². The van der Waals surface area contributed by atoms with Gasteiger partial charge < -0.3 is 13.9 Å². The molecule has 1 aliphatic rings. The van der Waals surface area contributed by atoms with E-state index in [1.165, 1.54) is 0 Å². The van der Waals surface area contributed by atoms with E-state index in [9.17, 15) is 13.6 Å². The van der Waals surface area contributed by atoms with Crippen molar-refractivity contribution in [2.75, 3.05) is 6.61 Å². The Balaban J connectivity index is 1.42. The van der Waals surface area contributed by atoms with E-state index >= 15 is 0 Å². The maximum atomic E-state index is 12.9. The van der Waals surface area contributed by atoms with Crippen LogP contribution in [0.2, 0.25) is 0 Å². The molecule has 9 heteroatoms. The molecule has 3 heterocycles. The first-order valence-electron chi connectivity index (χ1n) is 12.6. The minimum atomic E-state index is -2.89. The summed E-state index contributed by atoms with van der Waals surface area (Å²) in [5.41, 5.74) is 5.76. The first-order chi connectivity index (χ1) is 18.4. The Bertz CT molecular complexity index is 1480. The van der Waals surface area contributed by atoms with Crippen molar-refractivity contribution in [3.8, 4) is 16.9 Å². The Kier molecular flexibility index (Phi) is 7.44. The number of esters is 1. The van der Waals surface area contributed by atoms with E-state index in [1.54, 1.807) is 43.6 Å². The number of hydrogen-bond acceptors (Lipinski definition) is 6. The molecule has 0 aliphatic heterocycles. The summed E-state index contributed by atoms with van der Waals surface area (Å²) in [6.45, 7) is 1.17. The van der Waals surface area contributed by atoms with Crippen molar-refractivity contribution in [1.82, 2.24) is 19.4 Å². The predicted molar refractivity (Wildman–Crippen MR) is 139 cm³/mol. The maximum Gasteiger partial charge on any atom is 0.387 e. The number of pyridine rings is 1. The largest absolute Gasteiger partial charge is 0.466 e. The minimum Gasteiger partial charge on any atom is -0.466 e. The van der Waals surface area contributed by atoms with Crippen molar-refractivity contribution in [3.05, 3.63) is 83.8 Å². The third-order valence-electron chi connectivity index (χ3n) is 6.69. The average Bonchev–Trinajstić information content (AvgIpc) is 3.23. The molecule has 1 unspecified atom stereocenters. The molecule has 0 saturated carbocycles. The Hall–Kier alpha value is -4.14. The van der Waals surface area contributed by atoms with Crippen molar-refractivity contribution < 1.29 is 23.0 Å². The van der Waals surface area contributed by atoms with Gasteiger partial charge in [-0.2, -0.15) is 8.78 Å². The van der Waals surface area contributed by atoms with Gasteiger partial charge in [0.25, 0.3) is 0 Å². The van der Waals surface area contributed by atoms with E-state index < -0.39 is 6.61 Å². The Morgan fingerprint density at radius 2 is 1.92 bits per heavy atom. The molecule has 1 atom stereocenters. The highest BCUT2D eigenvalue weighted by Crippen LogP contribution is 2.30. The number of rotatable bonds is 8. The second-order valence-corrected chi connectivity index (χ2v) is 9.19. The Morgan fingerprint density at radius 1 is 1.13 bits per heavy atom. The highest BCUT2D eigenvalue weighted by atomic mass is 19.3. The quantitative estimate of drug-likeness (QED) is 0.265. The summed E-state index contributed by atoms with van der Waals surface area (Å²) < 4.78 is 37.7. The Labute approximate surface area is 219 Å². The van der Waals surface area contributed by atoms with Gasteiger partial charge in [0, 0.05) is 47.4 Å². The first kappa shape index (κ1) is 25.5. The van der Waals surface area contributed by atoms with Gasteiger partial charge in [-0.05, 0) is 56.9 Å². The molecule has 0 bridgehead atoms. The number of carbonyl (C=O) groups is 1. The molecule has 0 radical (unpaired) electrons. The zero-order chi connectivity index (χ0) is 26.6. The lowest BCUT2D eigenvalue weighted by atomic mass is 9.90. The number of ether oxygens (including phenoxy) is 2. The van der Waals surface area contributed by atoms with Crippen LogP contribution in [-0.2, 0) is 16.0 Å². The smallest absolute Gasteiger partial charge is 0.387 e. The summed E-state index contributed by atoms with van der Waals surface area (Å²) in [4.78, 5) is 26.0. The second kappa shape index (κ2) is 11.1. The SMILES string of the molecule is CCOC(=O)C1C=C(c2ncc(-c3ccc4nc(C)c(Cc5ccccc5OC(F)F)n4c3)cn2)CCC1. The van der Waals surface area contributed by atoms with E-state index in [-0.39, 0.29) is 17.6 Å². The van der Waals surface area contributed by atoms with Crippen LogP contribution in [0, 0.1) is 12.8 Å². The summed E-state index contributed by atoms with van der Waals surface area (Å²) in [5, 5.41) is 0. The average molecular weight is 519 g/mol. The fourth-order valence-electron chi connectivity index (χ4n) is 4.82. The monoisotopic (exact) mass is 518 g/mol. The molecular weight excluding hydrogens is 490 g/mol. The van der Waals surface area contributed by atoms with Gasteiger partial charge in [-0.15, -0.1) is 0 Å². The van der Waals surface area contributed by atoms with Crippen LogP contribution in [0.1, 0.15) is 49.0 Å². The molecule has 4 aromatic rings. The van der Waals surface area contributed by atoms with Crippen LogP contribution in [0.4, 0.5) is 8.78 Å². The van der Waals surface area contributed by atoms with Crippen LogP contribution in [0.5, 0.6) is 5.75 Å². The van der Waals surface area contributed by atoms with Crippen molar-refractivity contribution in [2.24, 2.45) is 5.92 Å². The molecule has 38 heavy (non-hydrogen) atoms. The van der Waals surface area contributed by atoms with Crippen LogP contribution in [-0.4, -0.2) is 38.5 Å². The number of carbonyl (C=O) groups excluding carboxylic acids is 1. The van der Waals surface area contributed by atoms with Gasteiger partial charge in [0.15, 0.2) is 5.82 Å². The topological polar surface area (TPSA) is 78.6 Å². The lowest BCUT2D eigenvalue weighted by Crippen LogP contribution is -2.18. The summed E-state index contributed by atoms with van der Waals surface area (Å²) in [7, 11) is 0. The van der Waals surface area contributed by atoms with Gasteiger partial charge >= 0.3 is 12.6 Å². The summed E-state index contributed by atoms with van der Waals surface area (Å²) in [6, 6.07) is 10.7. The predicted octanol–water partition coefficient (Wildman–Crippen LogP) is 6.04. The number of fused-ring (bicyclic) bond motifs is 1. The summed E-state index contributed by atoms with van der Waals surface area (Å²) in [6.07, 6.45) is 10.3. The van der Waals surface area contributed by atoms with E-state index in [0.717, 1.165) is 53.0 Å². The molecule has 0 amide bonds. The molecule has 5 rings (SSSR count). The number of imidazole rings is 1. The van der Waals surface area contributed by atoms with Crippen LogP contribution in [0.3, 0.4) is 0 Å². The van der Waals surface area contributed by atoms with E-state index in [2.05, 4.69) is 15.0 Å². The lowest BCUT2D eigenvalue weighted by molar-refractivity contribution is -0.146. The number of hydrogen-bond donors (Lipinski definition) is 0. The molecule has 0 spiro atoms. The summed E-state index contributed by atoms with van der Waals surface area (Å²) in [5.74, 6) is 0.297. The number of alkyl halides is 2. The minimum absolute atomic E-state index is 0.152. The molecule has 1 aliphatic carbocycles. The van der Waals surface area contributed by atoms with E-state index in [1.807, 2.05) is 35.7 Å². The number of allylic oxidation sites excluding steroid dienone is 1. The van der Waals surface area contributed by atoms with Crippen molar-refractivity contribution in [3.63, 3.8) is 0 Å². The van der Waals surface area contributed by atoms with Gasteiger partial charge in [-0.3, -0.25) is 4.79 Å². The molecule has 196 valence electrons. The Morgan fingerprint density at radius 3 is 2.68 bits per heavy atom. The van der Waals surface area contributed by atoms with Crippen LogP contribution in [0.15, 0.2) is 61.1 Å². The molecule has 0 fully saturated rings. The molecule has 1 aromatic carbocycles. The number of benzene rings is 1. The number of aromatic nitrogens is 4. The molecule has 0 saturated heterocycles. The van der Waals surface area contributed by atoms with Crippen LogP contribution >= 0.6 is 0 Å². The van der Waals surface area contributed by atoms with E-state index in [4.69, 9.17) is 9.47 Å². The molecular formula is C29H28F2N4O3. The van der Waals surface area contributed by atoms with Crippen LogP contribution in [0.25, 0.3) is 22.3 Å². The standard InChI is InChI=1S/C29H28F2N4O3/c1-3-37-28(36)21-9-6-8-20(13-21)27-32-15-23(16-33-27)22-11-12-26-34-18(2)24(35(26)17-22)14-19-7-4-5-10-25(19)38-29(30)31/h4-5,7,10-13,15-17,21,29H,3,6,8-9,14H2,1-2H3. The zero-order valence-electron chi connectivity index (χ0n) is 21.2. The zero-order valence-corrected chi connectivity index (χ0v) is 21.2. The first-order valence-corrected chi connectivity index (χ1v) is 12.6. The molecule has 7 nitrogen and oxygen atoms in total. The number of nitrogens with zero attached hydrogens (tertiary/aromatic N) is 4. The molecule has 3 aromatic heterocycles. The van der Waals surface area contributed by atoms with Gasteiger partial charge in [0.2, 0.25) is 0 Å². The fraction of sp³-hybridized carbons (Fsp3) is 0.310. The number of halogens is 2. The lowest BCUT2D eigenvalue weighted by Gasteiger charge is -2.19. The summed E-state index contributed by atoms with van der Waals surface area (Å²) >= 11 is 0. The molecule has 0 N–H and O–H groups in total. The number of para-hydroxylation sites is 1. The van der Waals surface area contributed by atoms with Crippen molar-refractivity contribution in [1.29, 1.82) is 0 Å². The highest BCUT2D eigenvalue weighted by Gasteiger charge is 2.23. The third-order valence-corrected chi connectivity index (χ3v) is 6.69. The maximum absolute atomic E-state index is 12.9. The van der Waals surface area contributed by atoms with Gasteiger partial charge in [-0.25, -0.2) is 15.0 Å². The van der Waals surface area contributed by atoms with E-state index in [0.29, 0.717) is 24.4 Å². The number of aryl methyl sites for hydroxylation is 1. The third kappa shape index (κ3) is 5.41. The van der Waals surface area contributed by atoms with Crippen LogP contribution < -0.4 is 4.74 Å². The van der Waals surface area contributed by atoms with Crippen molar-refractivity contribution in [2.45, 2.75) is 46.1 Å². The van der Waals surface area contributed by atoms with Gasteiger partial charge in [-0.1, -0.05) is 24.3 Å². The highest BCUT2D eigenvalue weighted by molar-refractivity contribution is 5.78. The normalized spacial score (nSPS) is 15.5.